The standard InChI is InChI=1S/C15H34O2Si/c1-12(2,3)11(16-10)15(17-18,13(4,5)6)14(7,8)9/h11H,1-10,18H3. The summed E-state index contributed by atoms with van der Waals surface area (Å²) >= 11 is 0. The number of ether oxygens (including phenoxy) is 1. The molecule has 0 aromatic carbocycles. The van der Waals surface area contributed by atoms with Crippen molar-refractivity contribution < 1.29 is 9.16 Å². The van der Waals surface area contributed by atoms with Gasteiger partial charge in [0.2, 0.25) is 0 Å². The lowest BCUT2D eigenvalue weighted by molar-refractivity contribution is -0.219. The average Bonchev–Trinajstić information content (AvgIpc) is 2.06. The molecule has 0 amide bonds. The van der Waals surface area contributed by atoms with Gasteiger partial charge in [-0.15, -0.1) is 0 Å². The fourth-order valence-electron chi connectivity index (χ4n) is 3.76. The highest BCUT2D eigenvalue weighted by Crippen LogP contribution is 2.53. The first kappa shape index (κ1) is 18.1. The lowest BCUT2D eigenvalue weighted by atomic mass is 9.56. The summed E-state index contributed by atoms with van der Waals surface area (Å²) in [5.41, 5.74) is -0.221. The molecule has 0 aliphatic heterocycles. The van der Waals surface area contributed by atoms with E-state index in [1.54, 1.807) is 0 Å². The molecule has 3 heteroatoms. The number of methoxy groups -OCH3 is 1. The molecule has 0 rings (SSSR count). The summed E-state index contributed by atoms with van der Waals surface area (Å²) in [4.78, 5) is 0. The smallest absolute Gasteiger partial charge is 0.147 e. The third-order valence-electron chi connectivity index (χ3n) is 3.94. The van der Waals surface area contributed by atoms with Crippen molar-refractivity contribution >= 4 is 10.5 Å². The second kappa shape index (κ2) is 5.26. The second-order valence-corrected chi connectivity index (χ2v) is 8.83. The molecule has 0 fully saturated rings. The first-order chi connectivity index (χ1) is 7.75. The molecule has 110 valence electrons. The Balaban J connectivity index is 6.05. The molecule has 0 aromatic rings. The Morgan fingerprint density at radius 3 is 1.17 bits per heavy atom. The molecule has 0 bridgehead atoms. The van der Waals surface area contributed by atoms with Gasteiger partial charge in [-0.2, -0.15) is 0 Å². The molecule has 0 heterocycles. The number of hydrogen-bond acceptors (Lipinski definition) is 2. The molecular formula is C15H34O2Si. The molecule has 0 saturated carbocycles. The van der Waals surface area contributed by atoms with E-state index in [1.807, 2.05) is 7.11 Å². The van der Waals surface area contributed by atoms with Crippen LogP contribution in [0.4, 0.5) is 0 Å². The minimum atomic E-state index is -0.292. The summed E-state index contributed by atoms with van der Waals surface area (Å²) < 4.78 is 12.2. The van der Waals surface area contributed by atoms with Gasteiger partial charge in [0.05, 0.1) is 11.7 Å². The van der Waals surface area contributed by atoms with Crippen LogP contribution in [-0.4, -0.2) is 29.3 Å². The van der Waals surface area contributed by atoms with Crippen LogP contribution in [0.15, 0.2) is 0 Å². The Labute approximate surface area is 117 Å². The minimum Gasteiger partial charge on any atom is -0.419 e. The number of hydrogen-bond donors (Lipinski definition) is 0. The Kier molecular flexibility index (Phi) is 5.30. The Bertz CT molecular complexity index is 252. The molecule has 1 unspecified atom stereocenters. The van der Waals surface area contributed by atoms with Crippen molar-refractivity contribution in [2.75, 3.05) is 7.11 Å². The average molecular weight is 275 g/mol. The fraction of sp³-hybridized carbons (Fsp3) is 1.00. The maximum atomic E-state index is 6.26. The molecule has 0 N–H and O–H groups in total. The van der Waals surface area contributed by atoms with Crippen LogP contribution >= 0.6 is 0 Å². The lowest BCUT2D eigenvalue weighted by Gasteiger charge is -2.59. The molecule has 0 spiro atoms. The molecule has 0 radical (unpaired) electrons. The Morgan fingerprint density at radius 1 is 0.778 bits per heavy atom. The van der Waals surface area contributed by atoms with Gasteiger partial charge in [-0.05, 0) is 16.2 Å². The third kappa shape index (κ3) is 2.99. The first-order valence-electron chi connectivity index (χ1n) is 6.83. The second-order valence-electron chi connectivity index (χ2n) is 8.42. The SMILES string of the molecule is COC(C(C)(C)C)C(O[SiH3])(C(C)(C)C)C(C)(C)C. The van der Waals surface area contributed by atoms with Crippen LogP contribution in [0.1, 0.15) is 62.3 Å². The van der Waals surface area contributed by atoms with Crippen LogP contribution < -0.4 is 0 Å². The van der Waals surface area contributed by atoms with Crippen LogP contribution in [0.25, 0.3) is 0 Å². The predicted octanol–water partition coefficient (Wildman–Crippen LogP) is 3.18. The summed E-state index contributed by atoms with van der Waals surface area (Å²) in [6.07, 6.45) is 0.0579. The van der Waals surface area contributed by atoms with E-state index in [0.29, 0.717) is 10.5 Å². The number of rotatable bonds is 3. The van der Waals surface area contributed by atoms with Gasteiger partial charge in [0.1, 0.15) is 10.5 Å². The summed E-state index contributed by atoms with van der Waals surface area (Å²) in [5.74, 6) is 0. The first-order valence-corrected chi connectivity index (χ1v) is 7.65. The van der Waals surface area contributed by atoms with Crippen molar-refractivity contribution in [3.8, 4) is 0 Å². The highest BCUT2D eigenvalue weighted by atomic mass is 28.2. The molecular weight excluding hydrogens is 240 g/mol. The molecule has 18 heavy (non-hydrogen) atoms. The van der Waals surface area contributed by atoms with Crippen LogP contribution in [-0.2, 0) is 9.16 Å². The molecule has 0 saturated heterocycles. The van der Waals surface area contributed by atoms with Crippen molar-refractivity contribution in [2.45, 2.75) is 74.0 Å². The van der Waals surface area contributed by atoms with E-state index in [2.05, 4.69) is 62.3 Å². The normalized spacial score (nSPS) is 17.0. The van der Waals surface area contributed by atoms with Crippen LogP contribution in [0.2, 0.25) is 0 Å². The predicted molar refractivity (Wildman–Crippen MR) is 82.9 cm³/mol. The zero-order valence-electron chi connectivity index (χ0n) is 14.4. The third-order valence-corrected chi connectivity index (χ3v) is 4.59. The van der Waals surface area contributed by atoms with Crippen LogP contribution in [0.3, 0.4) is 0 Å². The maximum Gasteiger partial charge on any atom is 0.147 e. The van der Waals surface area contributed by atoms with Gasteiger partial charge in [-0.3, -0.25) is 0 Å². The largest absolute Gasteiger partial charge is 0.419 e. The van der Waals surface area contributed by atoms with Gasteiger partial charge >= 0.3 is 0 Å². The molecule has 1 atom stereocenters. The zero-order valence-corrected chi connectivity index (χ0v) is 16.4. The van der Waals surface area contributed by atoms with Crippen molar-refractivity contribution in [3.63, 3.8) is 0 Å². The quantitative estimate of drug-likeness (QED) is 0.736. The van der Waals surface area contributed by atoms with Crippen molar-refractivity contribution in [3.05, 3.63) is 0 Å². The van der Waals surface area contributed by atoms with E-state index in [1.165, 1.54) is 0 Å². The van der Waals surface area contributed by atoms with E-state index >= 15 is 0 Å². The minimum absolute atomic E-state index is 0.0148. The van der Waals surface area contributed by atoms with E-state index in [-0.39, 0.29) is 27.9 Å². The monoisotopic (exact) mass is 274 g/mol. The van der Waals surface area contributed by atoms with E-state index < -0.39 is 0 Å². The van der Waals surface area contributed by atoms with Gasteiger partial charge in [0.25, 0.3) is 0 Å². The van der Waals surface area contributed by atoms with Gasteiger partial charge in [0.15, 0.2) is 0 Å². The Morgan fingerprint density at radius 2 is 1.11 bits per heavy atom. The molecule has 2 nitrogen and oxygen atoms in total. The summed E-state index contributed by atoms with van der Waals surface area (Å²) in [6, 6.07) is 0. The van der Waals surface area contributed by atoms with Gasteiger partial charge in [0, 0.05) is 7.11 Å². The van der Waals surface area contributed by atoms with Gasteiger partial charge < -0.3 is 9.16 Å². The van der Waals surface area contributed by atoms with E-state index in [4.69, 9.17) is 9.16 Å². The summed E-state index contributed by atoms with van der Waals surface area (Å²) in [6.45, 7) is 20.2. The maximum absolute atomic E-state index is 6.26. The van der Waals surface area contributed by atoms with Crippen molar-refractivity contribution in [1.82, 2.24) is 0 Å². The van der Waals surface area contributed by atoms with E-state index in [0.717, 1.165) is 0 Å². The van der Waals surface area contributed by atoms with Gasteiger partial charge in [-0.1, -0.05) is 62.3 Å². The highest BCUT2D eigenvalue weighted by Gasteiger charge is 2.59. The lowest BCUT2D eigenvalue weighted by Crippen LogP contribution is -2.66. The van der Waals surface area contributed by atoms with Crippen LogP contribution in [0, 0.1) is 16.2 Å². The molecule has 0 aliphatic carbocycles. The molecule has 0 aliphatic rings. The van der Waals surface area contributed by atoms with Crippen molar-refractivity contribution in [2.24, 2.45) is 16.2 Å². The fourth-order valence-corrected chi connectivity index (χ4v) is 5.20. The molecule has 0 aromatic heterocycles. The summed E-state index contributed by atoms with van der Waals surface area (Å²) in [7, 11) is 2.52. The Hall–Kier alpha value is 0.137. The zero-order chi connectivity index (χ0) is 15.0. The topological polar surface area (TPSA) is 18.5 Å². The van der Waals surface area contributed by atoms with E-state index in [9.17, 15) is 0 Å². The highest BCUT2D eigenvalue weighted by molar-refractivity contribution is 5.98. The van der Waals surface area contributed by atoms with Crippen LogP contribution in [0.5, 0.6) is 0 Å². The van der Waals surface area contributed by atoms with Gasteiger partial charge in [-0.25, -0.2) is 0 Å². The summed E-state index contributed by atoms with van der Waals surface area (Å²) in [5, 5.41) is 0. The van der Waals surface area contributed by atoms with Crippen molar-refractivity contribution in [1.29, 1.82) is 0 Å².